The monoisotopic (exact) mass is 275 g/mol. The van der Waals surface area contributed by atoms with Gasteiger partial charge in [-0.15, -0.1) is 0 Å². The molecule has 1 atom stereocenters. The number of nitrogens with one attached hydrogen (secondary N) is 2. The number of nitrogens with zero attached hydrogens (tertiary/aromatic N) is 2. The van der Waals surface area contributed by atoms with E-state index in [0.717, 1.165) is 0 Å². The van der Waals surface area contributed by atoms with Crippen molar-refractivity contribution in [3.05, 3.63) is 47.5 Å². The summed E-state index contributed by atoms with van der Waals surface area (Å²) in [6, 6.07) is 6.60. The first-order valence-electron chi connectivity index (χ1n) is 5.64. The Hall–Kier alpha value is -2.28. The van der Waals surface area contributed by atoms with Gasteiger partial charge < -0.3 is 11.1 Å². The van der Waals surface area contributed by atoms with Gasteiger partial charge >= 0.3 is 0 Å². The minimum absolute atomic E-state index is 0.220. The van der Waals surface area contributed by atoms with E-state index in [1.807, 2.05) is 6.92 Å². The number of aromatic amines is 1. The van der Waals surface area contributed by atoms with Gasteiger partial charge in [0.15, 0.2) is 0 Å². The van der Waals surface area contributed by atoms with E-state index in [1.54, 1.807) is 24.3 Å². The third kappa shape index (κ3) is 3.14. The highest BCUT2D eigenvalue weighted by atomic mass is 32.1. The Labute approximate surface area is 115 Å². The average molecular weight is 275 g/mol. The first kappa shape index (κ1) is 13.2. The van der Waals surface area contributed by atoms with Crippen molar-refractivity contribution in [2.75, 3.05) is 0 Å². The summed E-state index contributed by atoms with van der Waals surface area (Å²) in [5, 5.41) is 9.25. The molecule has 19 heavy (non-hydrogen) atoms. The zero-order valence-electron chi connectivity index (χ0n) is 10.3. The first-order valence-corrected chi connectivity index (χ1v) is 6.04. The summed E-state index contributed by atoms with van der Waals surface area (Å²) < 4.78 is 0. The Morgan fingerprint density at radius 1 is 1.47 bits per heavy atom. The lowest BCUT2D eigenvalue weighted by atomic mass is 10.1. The van der Waals surface area contributed by atoms with Crippen LogP contribution < -0.4 is 11.1 Å². The summed E-state index contributed by atoms with van der Waals surface area (Å²) in [4.78, 5) is 16.3. The molecule has 2 rings (SSSR count). The number of hydrogen-bond donors (Lipinski definition) is 3. The van der Waals surface area contributed by atoms with Crippen LogP contribution >= 0.6 is 12.2 Å². The molecule has 7 heteroatoms. The van der Waals surface area contributed by atoms with Crippen molar-refractivity contribution in [1.82, 2.24) is 20.5 Å². The summed E-state index contributed by atoms with van der Waals surface area (Å²) in [5.41, 5.74) is 6.70. The third-order valence-corrected chi connectivity index (χ3v) is 2.84. The molecule has 2 aromatic rings. The summed E-state index contributed by atoms with van der Waals surface area (Å²) in [7, 11) is 0. The lowest BCUT2D eigenvalue weighted by Crippen LogP contribution is -2.27. The lowest BCUT2D eigenvalue weighted by molar-refractivity contribution is 0.0938. The second-order valence-corrected chi connectivity index (χ2v) is 4.45. The van der Waals surface area contributed by atoms with Crippen molar-refractivity contribution in [2.45, 2.75) is 13.0 Å². The molecule has 0 fully saturated rings. The van der Waals surface area contributed by atoms with Crippen molar-refractivity contribution in [2.24, 2.45) is 5.73 Å². The number of H-pyrrole nitrogens is 1. The second-order valence-electron chi connectivity index (χ2n) is 4.01. The second kappa shape index (κ2) is 5.57. The predicted octanol–water partition coefficient (Wildman–Crippen LogP) is 0.930. The number of aromatic nitrogens is 3. The lowest BCUT2D eigenvalue weighted by Gasteiger charge is -2.11. The summed E-state index contributed by atoms with van der Waals surface area (Å²) in [5.74, 6) is 0.376. The molecule has 0 saturated heterocycles. The normalized spacial score (nSPS) is 11.8. The van der Waals surface area contributed by atoms with Gasteiger partial charge in [-0.3, -0.25) is 9.89 Å². The van der Waals surface area contributed by atoms with Crippen molar-refractivity contribution in [3.8, 4) is 0 Å². The molecule has 1 amide bonds. The molecular weight excluding hydrogens is 262 g/mol. The van der Waals surface area contributed by atoms with Crippen LogP contribution in [0.3, 0.4) is 0 Å². The number of carbonyl (C=O) groups excluding carboxylic acids is 1. The van der Waals surface area contributed by atoms with Crippen LogP contribution in [-0.2, 0) is 0 Å². The summed E-state index contributed by atoms with van der Waals surface area (Å²) in [6.45, 7) is 1.82. The van der Waals surface area contributed by atoms with Gasteiger partial charge in [0.05, 0.1) is 6.04 Å². The number of hydrogen-bond acceptors (Lipinski definition) is 4. The smallest absolute Gasteiger partial charge is 0.251 e. The molecule has 1 unspecified atom stereocenters. The predicted molar refractivity (Wildman–Crippen MR) is 74.6 cm³/mol. The van der Waals surface area contributed by atoms with Crippen molar-refractivity contribution in [3.63, 3.8) is 0 Å². The first-order chi connectivity index (χ1) is 9.08. The highest BCUT2D eigenvalue weighted by Crippen LogP contribution is 2.09. The maximum atomic E-state index is 12.1. The Kier molecular flexibility index (Phi) is 3.86. The third-order valence-electron chi connectivity index (χ3n) is 2.60. The number of benzene rings is 1. The molecule has 0 saturated carbocycles. The minimum Gasteiger partial charge on any atom is -0.389 e. The van der Waals surface area contributed by atoms with Crippen LogP contribution in [-0.4, -0.2) is 26.1 Å². The van der Waals surface area contributed by atoms with E-state index in [0.29, 0.717) is 17.0 Å². The van der Waals surface area contributed by atoms with Gasteiger partial charge in [0.25, 0.3) is 5.91 Å². The van der Waals surface area contributed by atoms with Gasteiger partial charge in [-0.25, -0.2) is 4.98 Å². The molecule has 0 bridgehead atoms. The van der Waals surface area contributed by atoms with Crippen molar-refractivity contribution < 1.29 is 4.79 Å². The van der Waals surface area contributed by atoms with Crippen LogP contribution in [0.5, 0.6) is 0 Å². The molecule has 0 aliphatic heterocycles. The SMILES string of the molecule is CC(NC(=O)c1cccc(C(N)=S)c1)c1ncn[nH]1. The van der Waals surface area contributed by atoms with E-state index in [2.05, 4.69) is 20.5 Å². The molecule has 6 nitrogen and oxygen atoms in total. The largest absolute Gasteiger partial charge is 0.389 e. The highest BCUT2D eigenvalue weighted by Gasteiger charge is 2.13. The Balaban J connectivity index is 2.12. The van der Waals surface area contributed by atoms with E-state index < -0.39 is 0 Å². The fourth-order valence-corrected chi connectivity index (χ4v) is 1.71. The average Bonchev–Trinajstić information content (AvgIpc) is 2.92. The molecule has 0 aliphatic carbocycles. The van der Waals surface area contributed by atoms with Gasteiger partial charge in [0, 0.05) is 11.1 Å². The van der Waals surface area contributed by atoms with Crippen LogP contribution in [0.2, 0.25) is 0 Å². The number of carbonyl (C=O) groups is 1. The Morgan fingerprint density at radius 2 is 2.21 bits per heavy atom. The quantitative estimate of drug-likeness (QED) is 0.721. The molecule has 1 aromatic heterocycles. The van der Waals surface area contributed by atoms with Crippen LogP contribution in [0.15, 0.2) is 30.6 Å². The van der Waals surface area contributed by atoms with Crippen LogP contribution in [0, 0.1) is 0 Å². The summed E-state index contributed by atoms with van der Waals surface area (Å²) >= 11 is 4.88. The van der Waals surface area contributed by atoms with E-state index in [1.165, 1.54) is 6.33 Å². The fourth-order valence-electron chi connectivity index (χ4n) is 1.59. The van der Waals surface area contributed by atoms with Crippen LogP contribution in [0.4, 0.5) is 0 Å². The van der Waals surface area contributed by atoms with E-state index in [9.17, 15) is 4.79 Å². The molecular formula is C12H13N5OS. The van der Waals surface area contributed by atoms with Crippen molar-refractivity contribution >= 4 is 23.1 Å². The number of thiocarbonyl (C=S) groups is 1. The zero-order valence-corrected chi connectivity index (χ0v) is 11.1. The zero-order chi connectivity index (χ0) is 13.8. The van der Waals surface area contributed by atoms with E-state index in [-0.39, 0.29) is 16.9 Å². The molecule has 0 spiro atoms. The minimum atomic E-state index is -0.261. The molecule has 0 aliphatic rings. The number of nitrogens with two attached hydrogens (primary N) is 1. The van der Waals surface area contributed by atoms with Gasteiger partial charge in [-0.1, -0.05) is 24.4 Å². The Morgan fingerprint density at radius 3 is 2.84 bits per heavy atom. The van der Waals surface area contributed by atoms with Gasteiger partial charge in [0.1, 0.15) is 17.1 Å². The number of amides is 1. The van der Waals surface area contributed by atoms with E-state index in [4.69, 9.17) is 18.0 Å². The number of rotatable bonds is 4. The van der Waals surface area contributed by atoms with Crippen molar-refractivity contribution in [1.29, 1.82) is 0 Å². The highest BCUT2D eigenvalue weighted by molar-refractivity contribution is 7.80. The molecule has 0 radical (unpaired) electrons. The van der Waals surface area contributed by atoms with Gasteiger partial charge in [0.2, 0.25) is 0 Å². The van der Waals surface area contributed by atoms with Crippen LogP contribution in [0.25, 0.3) is 0 Å². The Bertz CT molecular complexity index is 596. The molecule has 1 heterocycles. The fraction of sp³-hybridized carbons (Fsp3) is 0.167. The topological polar surface area (TPSA) is 96.7 Å². The summed E-state index contributed by atoms with van der Waals surface area (Å²) in [6.07, 6.45) is 1.39. The molecule has 98 valence electrons. The van der Waals surface area contributed by atoms with Gasteiger partial charge in [-0.2, -0.15) is 5.10 Å². The molecule has 4 N–H and O–H groups in total. The molecule has 1 aromatic carbocycles. The standard InChI is InChI=1S/C12H13N5OS/c1-7(11-14-6-15-17-11)16-12(18)9-4-2-3-8(5-9)10(13)19/h2-7H,1H3,(H2,13,19)(H,16,18)(H,14,15,17). The maximum absolute atomic E-state index is 12.1. The van der Waals surface area contributed by atoms with Gasteiger partial charge in [-0.05, 0) is 19.1 Å². The van der Waals surface area contributed by atoms with E-state index >= 15 is 0 Å². The van der Waals surface area contributed by atoms with Crippen LogP contribution in [0.1, 0.15) is 34.7 Å². The maximum Gasteiger partial charge on any atom is 0.251 e.